The van der Waals surface area contributed by atoms with Crippen LogP contribution >= 0.6 is 0 Å². The number of ketones is 1. The molecule has 0 saturated carbocycles. The molecule has 2 rings (SSSR count). The number of rotatable bonds is 12. The van der Waals surface area contributed by atoms with E-state index >= 15 is 0 Å². The van der Waals surface area contributed by atoms with Gasteiger partial charge in [0.1, 0.15) is 12.1 Å². The highest BCUT2D eigenvalue weighted by molar-refractivity contribution is 6.38. The van der Waals surface area contributed by atoms with Gasteiger partial charge in [-0.25, -0.2) is 0 Å². The highest BCUT2D eigenvalue weighted by atomic mass is 16.7. The number of nitrogens with one attached hydrogen (secondary N) is 4. The number of ether oxygens (including phenoxy) is 2. The minimum atomic E-state index is -1.38. The molecule has 1 aromatic carbocycles. The molecule has 0 bridgehead atoms. The van der Waals surface area contributed by atoms with E-state index in [1.54, 1.807) is 39.0 Å². The molecule has 13 nitrogen and oxygen atoms in total. The molecule has 13 heteroatoms. The maximum absolute atomic E-state index is 13.4. The van der Waals surface area contributed by atoms with E-state index in [4.69, 9.17) is 9.47 Å². The Balaban J connectivity index is 2.10. The first kappa shape index (κ1) is 35.0. The Kier molecular flexibility index (Phi) is 11.7. The topological polar surface area (TPSA) is 172 Å². The number of nitrogens with zero attached hydrogens (tertiary/aromatic N) is 1. The first-order valence-electron chi connectivity index (χ1n) is 14.1. The van der Waals surface area contributed by atoms with E-state index in [-0.39, 0.29) is 31.1 Å². The molecule has 0 spiro atoms. The molecule has 0 unspecified atom stereocenters. The van der Waals surface area contributed by atoms with Crippen LogP contribution in [0.1, 0.15) is 66.9 Å². The minimum Gasteiger partial charge on any atom is -0.454 e. The van der Waals surface area contributed by atoms with Crippen molar-refractivity contribution in [2.24, 2.45) is 10.8 Å². The maximum Gasteiger partial charge on any atom is 0.289 e. The Morgan fingerprint density at radius 3 is 2.09 bits per heavy atom. The van der Waals surface area contributed by atoms with Gasteiger partial charge in [0.05, 0.1) is 12.5 Å². The molecular formula is C30H45N5O8. The first-order valence-corrected chi connectivity index (χ1v) is 14.1. The Morgan fingerprint density at radius 1 is 0.884 bits per heavy atom. The molecule has 1 aliphatic rings. The fourth-order valence-electron chi connectivity index (χ4n) is 4.09. The van der Waals surface area contributed by atoms with Crippen molar-refractivity contribution in [1.82, 2.24) is 26.2 Å². The molecule has 0 fully saturated rings. The van der Waals surface area contributed by atoms with E-state index in [2.05, 4.69) is 21.3 Å². The molecule has 0 radical (unpaired) electrons. The standard InChI is InChI=1S/C30H45N5O8/c1-17(24(38)27(40)31-15-18-10-11-20-21(12-18)43-16-42-20)32-26(39)19(13-23(37)35(8)9)33-28(41)25(30(5,6)7)34-22(36)14-29(2,3)4/h10-12,17,19,25H,13-16H2,1-9H3,(H,31,40)(H,32,39)(H,33,41)(H,34,36)/t17-,19-,25+/m0/s1. The molecule has 1 aromatic rings. The van der Waals surface area contributed by atoms with Crippen LogP contribution in [-0.4, -0.2) is 79.2 Å². The summed E-state index contributed by atoms with van der Waals surface area (Å²) in [6.45, 7) is 12.4. The van der Waals surface area contributed by atoms with Crippen molar-refractivity contribution < 1.29 is 38.2 Å². The molecule has 4 N–H and O–H groups in total. The average molecular weight is 604 g/mol. The lowest BCUT2D eigenvalue weighted by Gasteiger charge is -2.33. The molecule has 238 valence electrons. The van der Waals surface area contributed by atoms with Crippen LogP contribution in [0.4, 0.5) is 0 Å². The van der Waals surface area contributed by atoms with Gasteiger partial charge in [-0.1, -0.05) is 47.6 Å². The third-order valence-corrected chi connectivity index (χ3v) is 6.50. The van der Waals surface area contributed by atoms with E-state index in [1.165, 1.54) is 25.9 Å². The molecule has 43 heavy (non-hydrogen) atoms. The fourth-order valence-corrected chi connectivity index (χ4v) is 4.09. The van der Waals surface area contributed by atoms with Gasteiger partial charge in [-0.2, -0.15) is 0 Å². The van der Waals surface area contributed by atoms with Gasteiger partial charge >= 0.3 is 0 Å². The number of benzene rings is 1. The highest BCUT2D eigenvalue weighted by Gasteiger charge is 2.37. The summed E-state index contributed by atoms with van der Waals surface area (Å²) in [4.78, 5) is 78.4. The Bertz CT molecular complexity index is 1230. The zero-order chi connectivity index (χ0) is 32.7. The fraction of sp³-hybridized carbons (Fsp3) is 0.600. The van der Waals surface area contributed by atoms with E-state index in [1.807, 2.05) is 20.8 Å². The van der Waals surface area contributed by atoms with E-state index in [0.29, 0.717) is 17.1 Å². The molecular weight excluding hydrogens is 558 g/mol. The van der Waals surface area contributed by atoms with Gasteiger partial charge in [0.15, 0.2) is 11.5 Å². The van der Waals surface area contributed by atoms with Crippen molar-refractivity contribution in [3.05, 3.63) is 23.8 Å². The van der Waals surface area contributed by atoms with Crippen LogP contribution in [-0.2, 0) is 35.3 Å². The lowest BCUT2D eigenvalue weighted by atomic mass is 9.85. The number of amides is 5. The number of carbonyl (C=O) groups excluding carboxylic acids is 6. The van der Waals surface area contributed by atoms with Gasteiger partial charge in [-0.3, -0.25) is 28.8 Å². The van der Waals surface area contributed by atoms with Crippen LogP contribution in [0.5, 0.6) is 11.5 Å². The normalized spacial score (nSPS) is 14.5. The monoisotopic (exact) mass is 603 g/mol. The van der Waals surface area contributed by atoms with Crippen molar-refractivity contribution in [1.29, 1.82) is 0 Å². The number of Topliss-reactive ketones (excluding diaryl/α,β-unsaturated/α-hetero) is 1. The van der Waals surface area contributed by atoms with Gasteiger partial charge in [-0.15, -0.1) is 0 Å². The zero-order valence-corrected chi connectivity index (χ0v) is 26.5. The summed E-state index contributed by atoms with van der Waals surface area (Å²) >= 11 is 0. The number of hydrogen-bond acceptors (Lipinski definition) is 8. The van der Waals surface area contributed by atoms with Gasteiger partial charge in [0.2, 0.25) is 36.2 Å². The van der Waals surface area contributed by atoms with Gasteiger partial charge in [0, 0.05) is 27.1 Å². The zero-order valence-electron chi connectivity index (χ0n) is 26.5. The Hall–Kier alpha value is -4.16. The van der Waals surface area contributed by atoms with Gasteiger partial charge < -0.3 is 35.6 Å². The molecule has 0 aliphatic carbocycles. The van der Waals surface area contributed by atoms with Crippen molar-refractivity contribution >= 4 is 35.3 Å². The Labute approximate surface area is 252 Å². The predicted molar refractivity (Wildman–Crippen MR) is 158 cm³/mol. The molecule has 1 aliphatic heterocycles. The van der Waals surface area contributed by atoms with Crippen LogP contribution < -0.4 is 30.7 Å². The Morgan fingerprint density at radius 2 is 1.51 bits per heavy atom. The van der Waals surface area contributed by atoms with Crippen molar-refractivity contribution in [3.8, 4) is 11.5 Å². The quantitative estimate of drug-likeness (QED) is 0.257. The second-order valence-electron chi connectivity index (χ2n) is 13.1. The van der Waals surface area contributed by atoms with E-state index in [0.717, 1.165) is 0 Å². The van der Waals surface area contributed by atoms with E-state index < -0.39 is 59.4 Å². The molecule has 3 atom stereocenters. The van der Waals surface area contributed by atoms with Crippen molar-refractivity contribution in [3.63, 3.8) is 0 Å². The highest BCUT2D eigenvalue weighted by Crippen LogP contribution is 2.32. The van der Waals surface area contributed by atoms with Gasteiger partial charge in [0.25, 0.3) is 5.91 Å². The third kappa shape index (κ3) is 10.9. The smallest absolute Gasteiger partial charge is 0.289 e. The third-order valence-electron chi connectivity index (χ3n) is 6.50. The molecule has 5 amide bonds. The molecule has 0 saturated heterocycles. The van der Waals surface area contributed by atoms with Crippen LogP contribution in [0.15, 0.2) is 18.2 Å². The molecule has 1 heterocycles. The van der Waals surface area contributed by atoms with Crippen molar-refractivity contribution in [2.45, 2.75) is 86.0 Å². The SMILES string of the molecule is C[C@H](NC(=O)[C@H](CC(=O)N(C)C)NC(=O)[C@@H](NC(=O)CC(C)(C)C)C(C)(C)C)C(=O)C(=O)NCc1ccc2c(c1)OCO2. The average Bonchev–Trinajstić information content (AvgIpc) is 3.35. The predicted octanol–water partition coefficient (Wildman–Crippen LogP) is 1.04. The van der Waals surface area contributed by atoms with Crippen LogP contribution in [0, 0.1) is 10.8 Å². The number of hydrogen-bond donors (Lipinski definition) is 4. The summed E-state index contributed by atoms with van der Waals surface area (Å²) in [7, 11) is 3.00. The van der Waals surface area contributed by atoms with E-state index in [9.17, 15) is 28.8 Å². The lowest BCUT2D eigenvalue weighted by Crippen LogP contribution is -2.59. The van der Waals surface area contributed by atoms with Crippen LogP contribution in [0.3, 0.4) is 0 Å². The lowest BCUT2D eigenvalue weighted by molar-refractivity contribution is -0.141. The first-order chi connectivity index (χ1) is 19.8. The number of fused-ring (bicyclic) bond motifs is 1. The summed E-state index contributed by atoms with van der Waals surface area (Å²) in [5.41, 5.74) is -0.373. The summed E-state index contributed by atoms with van der Waals surface area (Å²) in [5, 5.41) is 10.3. The van der Waals surface area contributed by atoms with Crippen molar-refractivity contribution in [2.75, 3.05) is 20.9 Å². The van der Waals surface area contributed by atoms with Gasteiger partial charge in [-0.05, 0) is 35.4 Å². The second-order valence-corrected chi connectivity index (χ2v) is 13.1. The summed E-state index contributed by atoms with van der Waals surface area (Å²) in [6, 6.07) is 1.44. The summed E-state index contributed by atoms with van der Waals surface area (Å²) in [5.74, 6) is -3.02. The largest absolute Gasteiger partial charge is 0.454 e. The number of carbonyl (C=O) groups is 6. The summed E-state index contributed by atoms with van der Waals surface area (Å²) in [6.07, 6.45) is -0.235. The minimum absolute atomic E-state index is 0.0347. The molecule has 0 aromatic heterocycles. The van der Waals surface area contributed by atoms with Crippen LogP contribution in [0.2, 0.25) is 0 Å². The summed E-state index contributed by atoms with van der Waals surface area (Å²) < 4.78 is 10.6. The maximum atomic E-state index is 13.4. The second kappa shape index (κ2) is 14.3. The van der Waals surface area contributed by atoms with Crippen LogP contribution in [0.25, 0.3) is 0 Å².